The van der Waals surface area contributed by atoms with E-state index in [2.05, 4.69) is 20.9 Å². The largest absolute Gasteiger partial charge is 0.373 e. The van der Waals surface area contributed by atoms with Crippen LogP contribution in [0, 0.1) is 0 Å². The lowest BCUT2D eigenvalue weighted by Crippen LogP contribution is -2.45. The number of carbonyl (C=O) groups is 2. The standard InChI is InChI=1S/C13H19ClN4O2/c1-13(2,3)18-11(19)7-17-12(20)8-5-10(15-4)16-6-9(8)14/h5-6H,7H2,1-4H3,(H,15,16)(H,17,20)(H,18,19). The van der Waals surface area contributed by atoms with E-state index in [-0.39, 0.29) is 28.6 Å². The minimum atomic E-state index is -0.419. The van der Waals surface area contributed by atoms with E-state index in [1.54, 1.807) is 7.05 Å². The zero-order chi connectivity index (χ0) is 15.3. The Morgan fingerprint density at radius 3 is 2.55 bits per heavy atom. The van der Waals surface area contributed by atoms with Crippen molar-refractivity contribution in [2.45, 2.75) is 26.3 Å². The highest BCUT2D eigenvalue weighted by Gasteiger charge is 2.16. The first-order chi connectivity index (χ1) is 9.23. The minimum Gasteiger partial charge on any atom is -0.373 e. The number of nitrogens with zero attached hydrogens (tertiary/aromatic N) is 1. The molecule has 0 spiro atoms. The summed E-state index contributed by atoms with van der Waals surface area (Å²) in [5.41, 5.74) is -0.0651. The van der Waals surface area contributed by atoms with Crippen molar-refractivity contribution in [3.05, 3.63) is 22.8 Å². The van der Waals surface area contributed by atoms with Gasteiger partial charge < -0.3 is 16.0 Å². The molecule has 1 rings (SSSR count). The minimum absolute atomic E-state index is 0.107. The van der Waals surface area contributed by atoms with Gasteiger partial charge >= 0.3 is 0 Å². The van der Waals surface area contributed by atoms with Crippen LogP contribution in [0.25, 0.3) is 0 Å². The number of hydrogen-bond donors (Lipinski definition) is 3. The van der Waals surface area contributed by atoms with E-state index in [1.165, 1.54) is 12.3 Å². The summed E-state index contributed by atoms with van der Waals surface area (Å²) in [5.74, 6) is -0.151. The summed E-state index contributed by atoms with van der Waals surface area (Å²) in [6, 6.07) is 1.53. The second-order valence-corrected chi connectivity index (χ2v) is 5.69. The molecule has 0 aliphatic rings. The molecule has 2 amide bonds. The van der Waals surface area contributed by atoms with Crippen LogP contribution in [0.3, 0.4) is 0 Å². The van der Waals surface area contributed by atoms with Crippen molar-refractivity contribution in [1.82, 2.24) is 15.6 Å². The van der Waals surface area contributed by atoms with Crippen molar-refractivity contribution in [3.63, 3.8) is 0 Å². The average Bonchev–Trinajstić information content (AvgIpc) is 2.34. The molecule has 0 aromatic carbocycles. The molecule has 0 saturated carbocycles. The molecule has 0 atom stereocenters. The molecular weight excluding hydrogens is 280 g/mol. The van der Waals surface area contributed by atoms with Gasteiger partial charge in [0, 0.05) is 18.8 Å². The first kappa shape index (κ1) is 16.2. The van der Waals surface area contributed by atoms with Crippen LogP contribution in [0.15, 0.2) is 12.3 Å². The molecule has 110 valence electrons. The Kier molecular flexibility index (Phi) is 5.33. The van der Waals surface area contributed by atoms with E-state index in [9.17, 15) is 9.59 Å². The van der Waals surface area contributed by atoms with Crippen LogP contribution in [0.4, 0.5) is 5.82 Å². The Morgan fingerprint density at radius 1 is 1.35 bits per heavy atom. The second-order valence-electron chi connectivity index (χ2n) is 5.28. The molecule has 1 aromatic heterocycles. The fraction of sp³-hybridized carbons (Fsp3) is 0.462. The number of aromatic nitrogens is 1. The molecule has 6 nitrogen and oxygen atoms in total. The lowest BCUT2D eigenvalue weighted by molar-refractivity contribution is -0.121. The van der Waals surface area contributed by atoms with Gasteiger partial charge in [0.05, 0.1) is 17.1 Å². The summed E-state index contributed by atoms with van der Waals surface area (Å²) in [6.45, 7) is 5.49. The molecule has 0 aliphatic carbocycles. The van der Waals surface area contributed by atoms with Crippen LogP contribution in [0.5, 0.6) is 0 Å². The fourth-order valence-electron chi connectivity index (χ4n) is 1.47. The van der Waals surface area contributed by atoms with Gasteiger partial charge in [-0.1, -0.05) is 11.6 Å². The summed E-state index contributed by atoms with van der Waals surface area (Å²) in [6.07, 6.45) is 1.39. The summed E-state index contributed by atoms with van der Waals surface area (Å²) in [4.78, 5) is 27.6. The zero-order valence-corrected chi connectivity index (χ0v) is 12.8. The highest BCUT2D eigenvalue weighted by molar-refractivity contribution is 6.33. The number of nitrogens with one attached hydrogen (secondary N) is 3. The molecular formula is C13H19ClN4O2. The van der Waals surface area contributed by atoms with Gasteiger partial charge in [-0.05, 0) is 26.8 Å². The highest BCUT2D eigenvalue weighted by atomic mass is 35.5. The van der Waals surface area contributed by atoms with Crippen molar-refractivity contribution in [1.29, 1.82) is 0 Å². The van der Waals surface area contributed by atoms with Gasteiger partial charge in [0.25, 0.3) is 5.91 Å². The lowest BCUT2D eigenvalue weighted by atomic mass is 10.1. The summed E-state index contributed by atoms with van der Waals surface area (Å²) >= 11 is 5.92. The molecule has 0 saturated heterocycles. The predicted octanol–water partition coefficient (Wildman–Crippen LogP) is 1.42. The Labute approximate surface area is 123 Å². The average molecular weight is 299 g/mol. The van der Waals surface area contributed by atoms with Gasteiger partial charge in [-0.2, -0.15) is 0 Å². The molecule has 1 aromatic rings. The van der Waals surface area contributed by atoms with Gasteiger partial charge in [-0.25, -0.2) is 4.98 Å². The maximum atomic E-state index is 12.0. The second kappa shape index (κ2) is 6.56. The number of halogens is 1. The van der Waals surface area contributed by atoms with Crippen molar-refractivity contribution in [3.8, 4) is 0 Å². The van der Waals surface area contributed by atoms with E-state index >= 15 is 0 Å². The van der Waals surface area contributed by atoms with Gasteiger partial charge in [-0.15, -0.1) is 0 Å². The fourth-order valence-corrected chi connectivity index (χ4v) is 1.66. The number of anilines is 1. The van der Waals surface area contributed by atoms with Crippen LogP contribution in [0.2, 0.25) is 5.02 Å². The molecule has 1 heterocycles. The van der Waals surface area contributed by atoms with Crippen LogP contribution in [-0.4, -0.2) is 35.9 Å². The zero-order valence-electron chi connectivity index (χ0n) is 12.0. The summed E-state index contributed by atoms with van der Waals surface area (Å²) < 4.78 is 0. The molecule has 20 heavy (non-hydrogen) atoms. The lowest BCUT2D eigenvalue weighted by Gasteiger charge is -2.20. The summed E-state index contributed by atoms with van der Waals surface area (Å²) in [7, 11) is 1.69. The molecule has 0 fully saturated rings. The van der Waals surface area contributed by atoms with E-state index in [0.29, 0.717) is 5.82 Å². The van der Waals surface area contributed by atoms with Crippen LogP contribution in [-0.2, 0) is 4.79 Å². The quantitative estimate of drug-likeness (QED) is 0.785. The van der Waals surface area contributed by atoms with Crippen LogP contribution >= 0.6 is 11.6 Å². The maximum absolute atomic E-state index is 12.0. The number of amides is 2. The van der Waals surface area contributed by atoms with Gasteiger partial charge in [0.1, 0.15) is 5.82 Å². The summed E-state index contributed by atoms with van der Waals surface area (Å²) in [5, 5.41) is 8.32. The smallest absolute Gasteiger partial charge is 0.253 e. The normalized spacial score (nSPS) is 10.8. The molecule has 0 unspecified atom stereocenters. The predicted molar refractivity (Wildman–Crippen MR) is 79.0 cm³/mol. The maximum Gasteiger partial charge on any atom is 0.253 e. The van der Waals surface area contributed by atoms with E-state index in [1.807, 2.05) is 20.8 Å². The third-order valence-electron chi connectivity index (χ3n) is 2.28. The van der Waals surface area contributed by atoms with Crippen LogP contribution in [0.1, 0.15) is 31.1 Å². The van der Waals surface area contributed by atoms with Crippen molar-refractivity contribution in [2.24, 2.45) is 0 Å². The highest BCUT2D eigenvalue weighted by Crippen LogP contribution is 2.17. The van der Waals surface area contributed by atoms with Crippen LogP contribution < -0.4 is 16.0 Å². The molecule has 7 heteroatoms. The van der Waals surface area contributed by atoms with Crippen molar-refractivity contribution in [2.75, 3.05) is 18.9 Å². The van der Waals surface area contributed by atoms with Gasteiger partial charge in [0.15, 0.2) is 0 Å². The molecule has 0 aliphatic heterocycles. The van der Waals surface area contributed by atoms with Gasteiger partial charge in [0.2, 0.25) is 5.91 Å². The number of carbonyl (C=O) groups excluding carboxylic acids is 2. The Bertz CT molecular complexity index is 512. The third-order valence-corrected chi connectivity index (χ3v) is 2.58. The van der Waals surface area contributed by atoms with Gasteiger partial charge in [-0.3, -0.25) is 9.59 Å². The van der Waals surface area contributed by atoms with Crippen molar-refractivity contribution < 1.29 is 9.59 Å². The first-order valence-corrected chi connectivity index (χ1v) is 6.53. The molecule has 0 bridgehead atoms. The Morgan fingerprint density at radius 2 is 2.00 bits per heavy atom. The molecule has 0 radical (unpaired) electrons. The number of rotatable bonds is 4. The molecule has 3 N–H and O–H groups in total. The van der Waals surface area contributed by atoms with E-state index in [0.717, 1.165) is 0 Å². The third kappa shape index (κ3) is 5.05. The monoisotopic (exact) mass is 298 g/mol. The van der Waals surface area contributed by atoms with Crippen molar-refractivity contribution >= 4 is 29.2 Å². The van der Waals surface area contributed by atoms with E-state index in [4.69, 9.17) is 11.6 Å². The Balaban J connectivity index is 2.66. The topological polar surface area (TPSA) is 83.1 Å². The SMILES string of the molecule is CNc1cc(C(=O)NCC(=O)NC(C)(C)C)c(Cl)cn1. The van der Waals surface area contributed by atoms with E-state index < -0.39 is 5.91 Å². The number of pyridine rings is 1. The Hall–Kier alpha value is -1.82. The first-order valence-electron chi connectivity index (χ1n) is 6.15. The number of hydrogen-bond acceptors (Lipinski definition) is 4.